The predicted octanol–water partition coefficient (Wildman–Crippen LogP) is 5.07. The molecule has 0 aromatic carbocycles. The van der Waals surface area contributed by atoms with Gasteiger partial charge in [-0.15, -0.1) is 11.8 Å². The summed E-state index contributed by atoms with van der Waals surface area (Å²) in [6.07, 6.45) is 8.19. The third-order valence-corrected chi connectivity index (χ3v) is 6.55. The lowest BCUT2D eigenvalue weighted by atomic mass is 10.1. The molecule has 1 aliphatic rings. The van der Waals surface area contributed by atoms with Crippen molar-refractivity contribution in [3.63, 3.8) is 0 Å². The molecule has 0 aliphatic carbocycles. The Morgan fingerprint density at radius 1 is 1.15 bits per heavy atom. The van der Waals surface area contributed by atoms with Crippen molar-refractivity contribution >= 4 is 29.1 Å². The maximum Gasteiger partial charge on any atom is 0.250 e. The minimum Gasteiger partial charge on any atom is -0.306 e. The normalized spacial score (nSPS) is 15.8. The lowest BCUT2D eigenvalue weighted by molar-refractivity contribution is -0.0504. The molecule has 0 saturated carbocycles. The third kappa shape index (κ3) is 6.86. The number of pyridine rings is 2. The Bertz CT molecular complexity index is 1150. The fourth-order valence-electron chi connectivity index (χ4n) is 3.13. The quantitative estimate of drug-likeness (QED) is 0.395. The zero-order valence-electron chi connectivity index (χ0n) is 19.3. The molecule has 3 aromatic heterocycles. The first kappa shape index (κ1) is 24.9. The smallest absolute Gasteiger partial charge is 0.250 e. The molecule has 174 valence electrons. The van der Waals surface area contributed by atoms with Gasteiger partial charge in [0, 0.05) is 49.3 Å². The number of aromatic nitrogens is 3. The van der Waals surface area contributed by atoms with E-state index < -0.39 is 5.92 Å². The molecular weight excluding hydrogens is 442 g/mol. The number of aldehydes is 1. The van der Waals surface area contributed by atoms with E-state index in [1.165, 1.54) is 0 Å². The highest BCUT2D eigenvalue weighted by Gasteiger charge is 2.32. The van der Waals surface area contributed by atoms with E-state index in [1.54, 1.807) is 24.2 Å². The van der Waals surface area contributed by atoms with Crippen molar-refractivity contribution < 1.29 is 13.6 Å². The molecule has 1 aliphatic heterocycles. The summed E-state index contributed by atoms with van der Waals surface area (Å²) in [5.74, 6) is 3.95. The second kappa shape index (κ2) is 10.4. The fourth-order valence-corrected chi connectivity index (χ4v) is 3.28. The standard InChI is InChI=1S/C19H17N3OS.C6H11F2N/c1-19(2,24-3)8-6-16-4-5-17(12-20-16)22-9-7-15-10-14(13-23)11-21-18(15)22;1-9-4-2-6(7,8)3-5-9/h4-5,7,9-13H,1-3H3;2-5H2,1H3. The van der Waals surface area contributed by atoms with E-state index in [0.717, 1.165) is 28.7 Å². The van der Waals surface area contributed by atoms with Gasteiger partial charge >= 0.3 is 0 Å². The summed E-state index contributed by atoms with van der Waals surface area (Å²) < 4.78 is 26.6. The van der Waals surface area contributed by atoms with E-state index >= 15 is 0 Å². The van der Waals surface area contributed by atoms with E-state index in [-0.39, 0.29) is 17.6 Å². The molecule has 0 bridgehead atoms. The molecule has 5 nitrogen and oxygen atoms in total. The summed E-state index contributed by atoms with van der Waals surface area (Å²) in [7, 11) is 1.87. The molecule has 4 rings (SSSR count). The Kier molecular flexibility index (Phi) is 7.88. The number of hydrogen-bond donors (Lipinski definition) is 0. The topological polar surface area (TPSA) is 51.0 Å². The zero-order chi connectivity index (χ0) is 24.1. The Balaban J connectivity index is 0.000000286. The number of likely N-dealkylation sites (tertiary alicyclic amines) is 1. The van der Waals surface area contributed by atoms with Gasteiger partial charge in [-0.1, -0.05) is 5.92 Å². The summed E-state index contributed by atoms with van der Waals surface area (Å²) >= 11 is 1.71. The van der Waals surface area contributed by atoms with Crippen molar-refractivity contribution in [1.29, 1.82) is 0 Å². The number of carbonyl (C=O) groups is 1. The van der Waals surface area contributed by atoms with Gasteiger partial charge in [0.25, 0.3) is 5.92 Å². The van der Waals surface area contributed by atoms with Crippen LogP contribution in [0.15, 0.2) is 42.9 Å². The van der Waals surface area contributed by atoms with E-state index in [0.29, 0.717) is 18.7 Å². The highest BCUT2D eigenvalue weighted by atomic mass is 32.2. The summed E-state index contributed by atoms with van der Waals surface area (Å²) in [6.45, 7) is 5.24. The lowest BCUT2D eigenvalue weighted by Gasteiger charge is -2.28. The number of rotatable bonds is 3. The second-order valence-corrected chi connectivity index (χ2v) is 9.94. The van der Waals surface area contributed by atoms with Crippen molar-refractivity contribution in [2.24, 2.45) is 0 Å². The van der Waals surface area contributed by atoms with Gasteiger partial charge in [0.05, 0.1) is 16.6 Å². The largest absolute Gasteiger partial charge is 0.306 e. The predicted molar refractivity (Wildman–Crippen MR) is 130 cm³/mol. The van der Waals surface area contributed by atoms with Crippen LogP contribution >= 0.6 is 11.8 Å². The summed E-state index contributed by atoms with van der Waals surface area (Å²) in [6, 6.07) is 7.63. The van der Waals surface area contributed by atoms with Gasteiger partial charge in [0.15, 0.2) is 6.29 Å². The van der Waals surface area contributed by atoms with Crippen LogP contribution in [0.1, 0.15) is 42.7 Å². The maximum absolute atomic E-state index is 12.4. The molecule has 0 radical (unpaired) electrons. The molecular formula is C25H28F2N4OS. The first-order chi connectivity index (χ1) is 15.6. The number of nitrogens with zero attached hydrogens (tertiary/aromatic N) is 4. The SMILES string of the molecule is CN1CCC(F)(F)CC1.CSC(C)(C)C#Cc1ccc(-n2ccc3cc(C=O)cnc32)cn1. The van der Waals surface area contributed by atoms with Crippen molar-refractivity contribution in [3.05, 3.63) is 54.1 Å². The first-order valence-corrected chi connectivity index (χ1v) is 11.9. The van der Waals surface area contributed by atoms with Crippen LogP contribution < -0.4 is 0 Å². The Labute approximate surface area is 197 Å². The van der Waals surface area contributed by atoms with Crippen molar-refractivity contribution in [2.75, 3.05) is 26.4 Å². The minimum absolute atomic E-state index is 0.0312. The highest BCUT2D eigenvalue weighted by molar-refractivity contribution is 8.00. The van der Waals surface area contributed by atoms with E-state index in [2.05, 4.69) is 35.7 Å². The monoisotopic (exact) mass is 470 g/mol. The summed E-state index contributed by atoms with van der Waals surface area (Å²) in [5.41, 5.74) is 3.02. The van der Waals surface area contributed by atoms with Gasteiger partial charge in [0.1, 0.15) is 11.3 Å². The molecule has 4 heterocycles. The van der Waals surface area contributed by atoms with E-state index in [4.69, 9.17) is 0 Å². The fraction of sp³-hybridized carbons (Fsp3) is 0.400. The number of thioether (sulfide) groups is 1. The molecule has 0 atom stereocenters. The molecule has 0 spiro atoms. The molecule has 0 N–H and O–H groups in total. The minimum atomic E-state index is -2.38. The van der Waals surface area contributed by atoms with Crippen LogP contribution in [0.5, 0.6) is 0 Å². The molecule has 0 amide bonds. The van der Waals surface area contributed by atoms with Crippen molar-refractivity contribution in [2.45, 2.75) is 37.4 Å². The van der Waals surface area contributed by atoms with E-state index in [9.17, 15) is 13.6 Å². The number of halogens is 2. The maximum atomic E-state index is 12.4. The molecule has 3 aromatic rings. The van der Waals surface area contributed by atoms with Gasteiger partial charge in [-0.2, -0.15) is 0 Å². The number of hydrogen-bond acceptors (Lipinski definition) is 5. The molecule has 0 unspecified atom stereocenters. The molecule has 1 fully saturated rings. The van der Waals surface area contributed by atoms with Crippen molar-refractivity contribution in [3.8, 4) is 17.5 Å². The summed E-state index contributed by atoms with van der Waals surface area (Å²) in [5, 5.41) is 0.921. The van der Waals surface area contributed by atoms with Crippen LogP contribution in [-0.2, 0) is 0 Å². The van der Waals surface area contributed by atoms with Gasteiger partial charge in [-0.25, -0.2) is 18.7 Å². The lowest BCUT2D eigenvalue weighted by Crippen LogP contribution is -2.36. The van der Waals surface area contributed by atoms with Crippen LogP contribution in [0.3, 0.4) is 0 Å². The van der Waals surface area contributed by atoms with Crippen LogP contribution in [0.4, 0.5) is 8.78 Å². The van der Waals surface area contributed by atoms with Crippen LogP contribution in [0.25, 0.3) is 16.7 Å². The number of piperidine rings is 1. The molecule has 8 heteroatoms. The number of alkyl halides is 2. The number of carbonyl (C=O) groups excluding carboxylic acids is 1. The highest BCUT2D eigenvalue weighted by Crippen LogP contribution is 2.26. The molecule has 1 saturated heterocycles. The van der Waals surface area contributed by atoms with Crippen LogP contribution in [0, 0.1) is 11.8 Å². The van der Waals surface area contributed by atoms with Crippen LogP contribution in [0.2, 0.25) is 0 Å². The van der Waals surface area contributed by atoms with Gasteiger partial charge in [0.2, 0.25) is 0 Å². The average molecular weight is 471 g/mol. The van der Waals surface area contributed by atoms with Crippen LogP contribution in [-0.4, -0.2) is 62.8 Å². The van der Waals surface area contributed by atoms with Crippen molar-refractivity contribution in [1.82, 2.24) is 19.4 Å². The first-order valence-electron chi connectivity index (χ1n) is 10.7. The zero-order valence-corrected chi connectivity index (χ0v) is 20.1. The Hall–Kier alpha value is -2.76. The van der Waals surface area contributed by atoms with Gasteiger partial charge < -0.3 is 4.90 Å². The Morgan fingerprint density at radius 3 is 2.45 bits per heavy atom. The van der Waals surface area contributed by atoms with Gasteiger partial charge in [-0.05, 0) is 57.3 Å². The average Bonchev–Trinajstić information content (AvgIpc) is 3.24. The van der Waals surface area contributed by atoms with E-state index in [1.807, 2.05) is 53.2 Å². The number of fused-ring (bicyclic) bond motifs is 1. The Morgan fingerprint density at radius 2 is 1.88 bits per heavy atom. The molecule has 33 heavy (non-hydrogen) atoms. The summed E-state index contributed by atoms with van der Waals surface area (Å²) in [4.78, 5) is 21.6. The van der Waals surface area contributed by atoms with Gasteiger partial charge in [-0.3, -0.25) is 9.36 Å². The third-order valence-electron chi connectivity index (χ3n) is 5.43. The second-order valence-electron chi connectivity index (χ2n) is 8.51.